The SMILES string of the molecule is CC1=Cc2ccccc2C1c1ccccc1C(=N)c1ccc(C)c(C)c1C. The van der Waals surface area contributed by atoms with E-state index in [9.17, 15) is 0 Å². The molecule has 0 saturated carbocycles. The Morgan fingerprint density at radius 3 is 2.15 bits per heavy atom. The van der Waals surface area contributed by atoms with Crippen molar-refractivity contribution in [1.29, 1.82) is 5.41 Å². The fourth-order valence-corrected chi connectivity index (χ4v) is 4.24. The van der Waals surface area contributed by atoms with E-state index in [-0.39, 0.29) is 5.92 Å². The average molecular weight is 351 g/mol. The van der Waals surface area contributed by atoms with Crippen LogP contribution in [0.3, 0.4) is 0 Å². The molecule has 0 aromatic heterocycles. The third-order valence-corrected chi connectivity index (χ3v) is 6.01. The molecule has 1 nitrogen and oxygen atoms in total. The molecule has 1 aliphatic carbocycles. The van der Waals surface area contributed by atoms with E-state index in [0.29, 0.717) is 5.71 Å². The molecule has 27 heavy (non-hydrogen) atoms. The minimum absolute atomic E-state index is 0.226. The van der Waals surface area contributed by atoms with Gasteiger partial charge >= 0.3 is 0 Å². The summed E-state index contributed by atoms with van der Waals surface area (Å²) in [6.45, 7) is 8.61. The number of benzene rings is 3. The molecular formula is C26H25N. The topological polar surface area (TPSA) is 23.9 Å². The van der Waals surface area contributed by atoms with E-state index in [0.717, 1.165) is 11.1 Å². The summed E-state index contributed by atoms with van der Waals surface area (Å²) >= 11 is 0. The largest absolute Gasteiger partial charge is 0.300 e. The van der Waals surface area contributed by atoms with Crippen molar-refractivity contribution in [3.05, 3.63) is 111 Å². The average Bonchev–Trinajstić information content (AvgIpc) is 3.01. The summed E-state index contributed by atoms with van der Waals surface area (Å²) < 4.78 is 0. The van der Waals surface area contributed by atoms with Crippen LogP contribution in [0.2, 0.25) is 0 Å². The number of hydrogen-bond acceptors (Lipinski definition) is 1. The zero-order chi connectivity index (χ0) is 19.1. The van der Waals surface area contributed by atoms with Gasteiger partial charge in [-0.15, -0.1) is 0 Å². The van der Waals surface area contributed by atoms with E-state index in [4.69, 9.17) is 5.41 Å². The summed E-state index contributed by atoms with van der Waals surface area (Å²) in [5, 5.41) is 9.01. The van der Waals surface area contributed by atoms with Gasteiger partial charge < -0.3 is 0 Å². The molecule has 1 atom stereocenters. The van der Waals surface area contributed by atoms with E-state index < -0.39 is 0 Å². The molecular weight excluding hydrogens is 326 g/mol. The minimum Gasteiger partial charge on any atom is -0.300 e. The molecule has 1 aliphatic rings. The highest BCUT2D eigenvalue weighted by Crippen LogP contribution is 2.42. The molecule has 0 spiro atoms. The molecule has 1 heteroatoms. The van der Waals surface area contributed by atoms with Crippen molar-refractivity contribution in [2.75, 3.05) is 0 Å². The number of rotatable bonds is 3. The maximum Gasteiger partial charge on any atom is 0.0690 e. The van der Waals surface area contributed by atoms with Crippen LogP contribution in [0.5, 0.6) is 0 Å². The van der Waals surface area contributed by atoms with Crippen LogP contribution in [-0.4, -0.2) is 5.71 Å². The van der Waals surface area contributed by atoms with Crippen molar-refractivity contribution in [2.24, 2.45) is 0 Å². The molecule has 3 aromatic rings. The second kappa shape index (κ2) is 6.66. The zero-order valence-corrected chi connectivity index (χ0v) is 16.4. The second-order valence-electron chi connectivity index (χ2n) is 7.59. The van der Waals surface area contributed by atoms with Gasteiger partial charge in [0.25, 0.3) is 0 Å². The number of fused-ring (bicyclic) bond motifs is 1. The number of hydrogen-bond donors (Lipinski definition) is 1. The van der Waals surface area contributed by atoms with Crippen molar-refractivity contribution >= 4 is 11.8 Å². The molecule has 1 N–H and O–H groups in total. The lowest BCUT2D eigenvalue weighted by Gasteiger charge is -2.21. The van der Waals surface area contributed by atoms with Gasteiger partial charge in [-0.05, 0) is 61.1 Å². The number of nitrogens with one attached hydrogen (secondary N) is 1. The van der Waals surface area contributed by atoms with Gasteiger partial charge in [-0.1, -0.05) is 72.3 Å². The Morgan fingerprint density at radius 1 is 0.704 bits per heavy atom. The fraction of sp³-hybridized carbons (Fsp3) is 0.192. The first-order valence-electron chi connectivity index (χ1n) is 9.51. The van der Waals surface area contributed by atoms with Gasteiger partial charge in [-0.3, -0.25) is 5.41 Å². The summed E-state index contributed by atoms with van der Waals surface area (Å²) in [6.07, 6.45) is 2.28. The third-order valence-electron chi connectivity index (χ3n) is 6.01. The summed E-state index contributed by atoms with van der Waals surface area (Å²) in [6, 6.07) is 21.3. The normalized spacial score (nSPS) is 15.4. The maximum absolute atomic E-state index is 9.01. The molecule has 134 valence electrons. The number of allylic oxidation sites excluding steroid dienone is 1. The van der Waals surface area contributed by atoms with Gasteiger partial charge in [0.1, 0.15) is 0 Å². The van der Waals surface area contributed by atoms with Crippen LogP contribution >= 0.6 is 0 Å². The Morgan fingerprint density at radius 2 is 1.37 bits per heavy atom. The fourth-order valence-electron chi connectivity index (χ4n) is 4.24. The second-order valence-corrected chi connectivity index (χ2v) is 7.59. The van der Waals surface area contributed by atoms with Crippen molar-refractivity contribution in [3.63, 3.8) is 0 Å². The Kier molecular flexibility index (Phi) is 4.31. The molecule has 0 aliphatic heterocycles. The smallest absolute Gasteiger partial charge is 0.0690 e. The van der Waals surface area contributed by atoms with Crippen LogP contribution in [0.15, 0.2) is 66.2 Å². The highest BCUT2D eigenvalue weighted by molar-refractivity contribution is 6.13. The highest BCUT2D eigenvalue weighted by atomic mass is 14.4. The molecule has 0 radical (unpaired) electrons. The van der Waals surface area contributed by atoms with Gasteiger partial charge in [0, 0.05) is 17.0 Å². The van der Waals surface area contributed by atoms with Crippen molar-refractivity contribution in [2.45, 2.75) is 33.6 Å². The van der Waals surface area contributed by atoms with Gasteiger partial charge in [0.05, 0.1) is 5.71 Å². The summed E-state index contributed by atoms with van der Waals surface area (Å²) in [7, 11) is 0. The van der Waals surface area contributed by atoms with Crippen LogP contribution in [0.25, 0.3) is 6.08 Å². The minimum atomic E-state index is 0.226. The van der Waals surface area contributed by atoms with Crippen LogP contribution in [0.1, 0.15) is 57.3 Å². The molecule has 4 rings (SSSR count). The maximum atomic E-state index is 9.01. The quantitative estimate of drug-likeness (QED) is 0.516. The Balaban J connectivity index is 1.85. The van der Waals surface area contributed by atoms with E-state index in [1.54, 1.807) is 0 Å². The van der Waals surface area contributed by atoms with Crippen LogP contribution in [0.4, 0.5) is 0 Å². The Bertz CT molecular complexity index is 1090. The first-order valence-corrected chi connectivity index (χ1v) is 9.51. The molecule has 1 unspecified atom stereocenters. The predicted octanol–water partition coefficient (Wildman–Crippen LogP) is 6.58. The monoisotopic (exact) mass is 351 g/mol. The van der Waals surface area contributed by atoms with E-state index in [1.807, 2.05) is 6.07 Å². The predicted molar refractivity (Wildman–Crippen MR) is 115 cm³/mol. The summed E-state index contributed by atoms with van der Waals surface area (Å²) in [4.78, 5) is 0. The van der Waals surface area contributed by atoms with Gasteiger partial charge in [0.2, 0.25) is 0 Å². The lowest BCUT2D eigenvalue weighted by atomic mass is 9.83. The molecule has 0 fully saturated rings. The summed E-state index contributed by atoms with van der Waals surface area (Å²) in [5.41, 5.74) is 11.6. The van der Waals surface area contributed by atoms with Crippen molar-refractivity contribution in [1.82, 2.24) is 0 Å². The van der Waals surface area contributed by atoms with Crippen molar-refractivity contribution < 1.29 is 0 Å². The van der Waals surface area contributed by atoms with E-state index in [1.165, 1.54) is 39.0 Å². The van der Waals surface area contributed by atoms with Gasteiger partial charge in [-0.2, -0.15) is 0 Å². The van der Waals surface area contributed by atoms with Crippen LogP contribution in [0, 0.1) is 26.2 Å². The molecule has 3 aromatic carbocycles. The van der Waals surface area contributed by atoms with Crippen LogP contribution < -0.4 is 0 Å². The molecule has 0 heterocycles. The lowest BCUT2D eigenvalue weighted by Crippen LogP contribution is -2.11. The first-order chi connectivity index (χ1) is 13.0. The molecule has 0 bridgehead atoms. The summed E-state index contributed by atoms with van der Waals surface area (Å²) in [5.74, 6) is 0.226. The first kappa shape index (κ1) is 17.5. The van der Waals surface area contributed by atoms with Gasteiger partial charge in [-0.25, -0.2) is 0 Å². The third kappa shape index (κ3) is 2.84. The lowest BCUT2D eigenvalue weighted by molar-refractivity contribution is 0.972. The highest BCUT2D eigenvalue weighted by Gasteiger charge is 2.27. The van der Waals surface area contributed by atoms with Gasteiger partial charge in [0.15, 0.2) is 0 Å². The zero-order valence-electron chi connectivity index (χ0n) is 16.4. The Hall–Kier alpha value is -2.93. The van der Waals surface area contributed by atoms with Crippen LogP contribution in [-0.2, 0) is 0 Å². The molecule has 0 amide bonds. The Labute approximate surface area is 161 Å². The van der Waals surface area contributed by atoms with Crippen molar-refractivity contribution in [3.8, 4) is 0 Å². The van der Waals surface area contributed by atoms with E-state index >= 15 is 0 Å². The van der Waals surface area contributed by atoms with E-state index in [2.05, 4.69) is 88.4 Å². The number of aryl methyl sites for hydroxylation is 1. The molecule has 0 saturated heterocycles. The standard InChI is InChI=1S/C26H25N/c1-16-13-14-21(19(4)18(16)3)26(27)24-12-8-7-11-23(24)25-17(2)15-20-9-5-6-10-22(20)25/h5-15,25,27H,1-4H3.